The Bertz CT molecular complexity index is 443. The number of hydrogen-bond acceptors (Lipinski definition) is 5. The Morgan fingerprint density at radius 1 is 1.13 bits per heavy atom. The molecule has 1 unspecified atom stereocenters. The van der Waals surface area contributed by atoms with Gasteiger partial charge in [0.25, 0.3) is 0 Å². The van der Waals surface area contributed by atoms with Gasteiger partial charge in [0.15, 0.2) is 0 Å². The first kappa shape index (κ1) is 9.67. The van der Waals surface area contributed by atoms with Crippen LogP contribution in [0, 0.1) is 6.92 Å². The summed E-state index contributed by atoms with van der Waals surface area (Å²) in [7, 11) is 0. The maximum absolute atomic E-state index is 5.99. The van der Waals surface area contributed by atoms with Crippen LogP contribution in [-0.4, -0.2) is 19.9 Å². The molecule has 5 nitrogen and oxygen atoms in total. The summed E-state index contributed by atoms with van der Waals surface area (Å²) in [5, 5.41) is 0. The summed E-state index contributed by atoms with van der Waals surface area (Å²) in [6, 6.07) is 1.44. The SMILES string of the molecule is Cc1nccc(C(N)c2cnccn2)n1. The van der Waals surface area contributed by atoms with Crippen LogP contribution >= 0.6 is 0 Å². The van der Waals surface area contributed by atoms with E-state index in [1.54, 1.807) is 30.9 Å². The van der Waals surface area contributed by atoms with Crippen molar-refractivity contribution in [3.8, 4) is 0 Å². The predicted molar refractivity (Wildman–Crippen MR) is 54.8 cm³/mol. The van der Waals surface area contributed by atoms with Crippen molar-refractivity contribution in [2.75, 3.05) is 0 Å². The summed E-state index contributed by atoms with van der Waals surface area (Å²) < 4.78 is 0. The van der Waals surface area contributed by atoms with Crippen LogP contribution < -0.4 is 5.73 Å². The third-order valence-electron chi connectivity index (χ3n) is 2.02. The average Bonchev–Trinajstić information content (AvgIpc) is 2.29. The molecular formula is C10H11N5. The van der Waals surface area contributed by atoms with Crippen LogP contribution in [0.5, 0.6) is 0 Å². The highest BCUT2D eigenvalue weighted by molar-refractivity contribution is 5.18. The van der Waals surface area contributed by atoms with Crippen LogP contribution in [0.4, 0.5) is 0 Å². The van der Waals surface area contributed by atoms with E-state index in [4.69, 9.17) is 5.73 Å². The fourth-order valence-electron chi connectivity index (χ4n) is 1.27. The van der Waals surface area contributed by atoms with E-state index in [9.17, 15) is 0 Å². The summed E-state index contributed by atoms with van der Waals surface area (Å²) in [6.07, 6.45) is 6.56. The van der Waals surface area contributed by atoms with Gasteiger partial charge in [-0.05, 0) is 13.0 Å². The Balaban J connectivity index is 2.32. The molecular weight excluding hydrogens is 190 g/mol. The van der Waals surface area contributed by atoms with Gasteiger partial charge in [-0.1, -0.05) is 0 Å². The number of rotatable bonds is 2. The molecule has 15 heavy (non-hydrogen) atoms. The Kier molecular flexibility index (Phi) is 2.64. The van der Waals surface area contributed by atoms with Crippen LogP contribution in [0.1, 0.15) is 23.3 Å². The molecule has 0 fully saturated rings. The standard InChI is InChI=1S/C10H11N5/c1-7-13-3-2-8(15-7)10(11)9-6-12-4-5-14-9/h2-6,10H,11H2,1H3. The lowest BCUT2D eigenvalue weighted by molar-refractivity contribution is 0.771. The highest BCUT2D eigenvalue weighted by Crippen LogP contribution is 2.13. The predicted octanol–water partition coefficient (Wildman–Crippen LogP) is 0.623. The molecule has 0 saturated carbocycles. The second kappa shape index (κ2) is 4.10. The lowest BCUT2D eigenvalue weighted by Crippen LogP contribution is -2.15. The molecule has 0 aromatic carbocycles. The van der Waals surface area contributed by atoms with E-state index in [-0.39, 0.29) is 6.04 Å². The summed E-state index contributed by atoms with van der Waals surface area (Å²) in [5.41, 5.74) is 7.45. The summed E-state index contributed by atoms with van der Waals surface area (Å²) in [5.74, 6) is 0.701. The van der Waals surface area contributed by atoms with Crippen molar-refractivity contribution in [3.05, 3.63) is 48.1 Å². The molecule has 2 rings (SSSR count). The van der Waals surface area contributed by atoms with Crippen molar-refractivity contribution in [1.29, 1.82) is 0 Å². The molecule has 2 heterocycles. The summed E-state index contributed by atoms with van der Waals surface area (Å²) >= 11 is 0. The van der Waals surface area contributed by atoms with Gasteiger partial charge in [-0.3, -0.25) is 9.97 Å². The van der Waals surface area contributed by atoms with Crippen molar-refractivity contribution in [3.63, 3.8) is 0 Å². The molecule has 0 aliphatic rings. The van der Waals surface area contributed by atoms with Gasteiger partial charge in [-0.2, -0.15) is 0 Å². The van der Waals surface area contributed by atoms with Crippen molar-refractivity contribution in [1.82, 2.24) is 19.9 Å². The van der Waals surface area contributed by atoms with Gasteiger partial charge in [0, 0.05) is 18.6 Å². The molecule has 0 spiro atoms. The highest BCUT2D eigenvalue weighted by atomic mass is 14.9. The van der Waals surface area contributed by atoms with E-state index in [0.29, 0.717) is 11.5 Å². The molecule has 0 amide bonds. The minimum absolute atomic E-state index is 0.347. The molecule has 2 aromatic heterocycles. The third kappa shape index (κ3) is 2.13. The molecule has 76 valence electrons. The lowest BCUT2D eigenvalue weighted by atomic mass is 10.1. The summed E-state index contributed by atoms with van der Waals surface area (Å²) in [4.78, 5) is 16.4. The van der Waals surface area contributed by atoms with Gasteiger partial charge in [-0.25, -0.2) is 9.97 Å². The first-order valence-corrected chi connectivity index (χ1v) is 4.58. The Labute approximate surface area is 87.4 Å². The number of nitrogens with two attached hydrogens (primary N) is 1. The number of hydrogen-bond donors (Lipinski definition) is 1. The van der Waals surface area contributed by atoms with Crippen LogP contribution in [0.15, 0.2) is 30.9 Å². The fraction of sp³-hybridized carbons (Fsp3) is 0.200. The first-order chi connectivity index (χ1) is 7.27. The van der Waals surface area contributed by atoms with Crippen molar-refractivity contribution >= 4 is 0 Å². The van der Waals surface area contributed by atoms with Gasteiger partial charge in [0.2, 0.25) is 0 Å². The molecule has 2 aromatic rings. The molecule has 0 saturated heterocycles. The topological polar surface area (TPSA) is 77.6 Å². The molecule has 0 aliphatic carbocycles. The Morgan fingerprint density at radius 3 is 2.67 bits per heavy atom. The summed E-state index contributed by atoms with van der Waals surface area (Å²) in [6.45, 7) is 1.83. The first-order valence-electron chi connectivity index (χ1n) is 4.58. The second-order valence-corrected chi connectivity index (χ2v) is 3.14. The van der Waals surface area contributed by atoms with Crippen LogP contribution in [0.2, 0.25) is 0 Å². The minimum atomic E-state index is -0.347. The monoisotopic (exact) mass is 201 g/mol. The van der Waals surface area contributed by atoms with Gasteiger partial charge >= 0.3 is 0 Å². The van der Waals surface area contributed by atoms with E-state index >= 15 is 0 Å². The third-order valence-corrected chi connectivity index (χ3v) is 2.02. The molecule has 2 N–H and O–H groups in total. The number of aryl methyl sites for hydroxylation is 1. The van der Waals surface area contributed by atoms with E-state index in [1.165, 1.54) is 0 Å². The van der Waals surface area contributed by atoms with Crippen molar-refractivity contribution < 1.29 is 0 Å². The average molecular weight is 201 g/mol. The molecule has 0 aliphatic heterocycles. The smallest absolute Gasteiger partial charge is 0.125 e. The van der Waals surface area contributed by atoms with Gasteiger partial charge in [0.05, 0.1) is 23.6 Å². The van der Waals surface area contributed by atoms with E-state index in [2.05, 4.69) is 19.9 Å². The Morgan fingerprint density at radius 2 is 2.00 bits per heavy atom. The molecule has 1 atom stereocenters. The van der Waals surface area contributed by atoms with E-state index < -0.39 is 0 Å². The maximum atomic E-state index is 5.99. The zero-order chi connectivity index (χ0) is 10.7. The fourth-order valence-corrected chi connectivity index (χ4v) is 1.27. The van der Waals surface area contributed by atoms with Crippen molar-refractivity contribution in [2.24, 2.45) is 5.73 Å². The largest absolute Gasteiger partial charge is 0.318 e. The Hall–Kier alpha value is -1.88. The van der Waals surface area contributed by atoms with E-state index in [1.807, 2.05) is 6.92 Å². The normalized spacial score (nSPS) is 12.4. The zero-order valence-electron chi connectivity index (χ0n) is 8.33. The number of aromatic nitrogens is 4. The highest BCUT2D eigenvalue weighted by Gasteiger charge is 2.11. The van der Waals surface area contributed by atoms with Crippen LogP contribution in [0.25, 0.3) is 0 Å². The van der Waals surface area contributed by atoms with Gasteiger partial charge in [-0.15, -0.1) is 0 Å². The molecule has 0 bridgehead atoms. The quantitative estimate of drug-likeness (QED) is 0.770. The van der Waals surface area contributed by atoms with Gasteiger partial charge < -0.3 is 5.73 Å². The number of nitrogens with zero attached hydrogens (tertiary/aromatic N) is 4. The van der Waals surface area contributed by atoms with Crippen LogP contribution in [-0.2, 0) is 0 Å². The molecule has 0 radical (unpaired) electrons. The minimum Gasteiger partial charge on any atom is -0.318 e. The van der Waals surface area contributed by atoms with E-state index in [0.717, 1.165) is 5.69 Å². The zero-order valence-corrected chi connectivity index (χ0v) is 8.33. The van der Waals surface area contributed by atoms with Gasteiger partial charge in [0.1, 0.15) is 5.82 Å². The van der Waals surface area contributed by atoms with Crippen LogP contribution in [0.3, 0.4) is 0 Å². The molecule has 5 heteroatoms. The second-order valence-electron chi connectivity index (χ2n) is 3.14. The maximum Gasteiger partial charge on any atom is 0.125 e. The lowest BCUT2D eigenvalue weighted by Gasteiger charge is -2.09. The van der Waals surface area contributed by atoms with Crippen molar-refractivity contribution in [2.45, 2.75) is 13.0 Å².